The van der Waals surface area contributed by atoms with Gasteiger partial charge in [-0.2, -0.15) is 0 Å². The molecule has 0 unspecified atom stereocenters. The van der Waals surface area contributed by atoms with Crippen molar-refractivity contribution in [1.29, 1.82) is 0 Å². The van der Waals surface area contributed by atoms with Crippen LogP contribution in [0.25, 0.3) is 21.8 Å². The third kappa shape index (κ3) is 5.16. The molecule has 1 heterocycles. The molecule has 0 saturated heterocycles. The van der Waals surface area contributed by atoms with Gasteiger partial charge in [-0.15, -0.1) is 11.3 Å². The topological polar surface area (TPSA) is 76.1 Å². The van der Waals surface area contributed by atoms with E-state index >= 15 is 0 Å². The lowest BCUT2D eigenvalue weighted by Gasteiger charge is -2.08. The molecule has 8 heteroatoms. The summed E-state index contributed by atoms with van der Waals surface area (Å²) in [6.45, 7) is 0. The van der Waals surface area contributed by atoms with Gasteiger partial charge in [-0.3, -0.25) is 4.79 Å². The van der Waals surface area contributed by atoms with E-state index < -0.39 is 9.84 Å². The molecule has 0 atom stereocenters. The van der Waals surface area contributed by atoms with Gasteiger partial charge in [0, 0.05) is 32.2 Å². The van der Waals surface area contributed by atoms with Crippen molar-refractivity contribution in [2.45, 2.75) is 9.79 Å². The van der Waals surface area contributed by atoms with Crippen molar-refractivity contribution in [2.24, 2.45) is 0 Å². The summed E-state index contributed by atoms with van der Waals surface area (Å²) in [5.74, 6) is -0.331. The highest BCUT2D eigenvalue weighted by Gasteiger charge is 2.18. The van der Waals surface area contributed by atoms with Crippen molar-refractivity contribution in [3.05, 3.63) is 119 Å². The Morgan fingerprint density at radius 3 is 2.11 bits per heavy atom. The van der Waals surface area contributed by atoms with Crippen LogP contribution in [0.3, 0.4) is 0 Å². The standard InChI is InChI=1S/C28H19BrN2O3S2/c29-22-11-15-25(16-12-22)36(33,34)24-13-9-19(10-14-24)27(32)30-23-8-4-7-21(17-23)26-18-35-28(31-26)20-5-2-1-3-6-20/h1-18H,(H,30,32). The lowest BCUT2D eigenvalue weighted by Crippen LogP contribution is -2.12. The summed E-state index contributed by atoms with van der Waals surface area (Å²) in [4.78, 5) is 17.9. The van der Waals surface area contributed by atoms with Crippen LogP contribution in [0.15, 0.2) is 123 Å². The molecule has 1 N–H and O–H groups in total. The number of rotatable bonds is 6. The first-order valence-corrected chi connectivity index (χ1v) is 14.1. The second-order valence-electron chi connectivity index (χ2n) is 7.92. The first-order chi connectivity index (χ1) is 17.4. The smallest absolute Gasteiger partial charge is 0.255 e. The third-order valence-corrected chi connectivity index (χ3v) is 8.70. The predicted octanol–water partition coefficient (Wildman–Crippen LogP) is 7.32. The average molecular weight is 576 g/mol. The zero-order valence-corrected chi connectivity index (χ0v) is 22.0. The fraction of sp³-hybridized carbons (Fsp3) is 0. The molecular formula is C28H19BrN2O3S2. The fourth-order valence-corrected chi connectivity index (χ4v) is 5.98. The summed E-state index contributed by atoms with van der Waals surface area (Å²) in [7, 11) is -3.67. The normalized spacial score (nSPS) is 11.2. The van der Waals surface area contributed by atoms with Gasteiger partial charge in [0.2, 0.25) is 9.84 Å². The largest absolute Gasteiger partial charge is 0.322 e. The molecule has 5 aromatic rings. The highest BCUT2D eigenvalue weighted by atomic mass is 79.9. The van der Waals surface area contributed by atoms with Gasteiger partial charge in [0.25, 0.3) is 5.91 Å². The zero-order chi connectivity index (χ0) is 25.1. The lowest BCUT2D eigenvalue weighted by atomic mass is 10.1. The summed E-state index contributed by atoms with van der Waals surface area (Å²) in [6.07, 6.45) is 0. The van der Waals surface area contributed by atoms with E-state index in [1.54, 1.807) is 29.5 Å². The molecule has 0 saturated carbocycles. The van der Waals surface area contributed by atoms with Crippen LogP contribution < -0.4 is 5.32 Å². The van der Waals surface area contributed by atoms with Gasteiger partial charge in [-0.25, -0.2) is 13.4 Å². The number of aromatic nitrogens is 1. The number of carbonyl (C=O) groups excluding carboxylic acids is 1. The summed E-state index contributed by atoms with van der Waals surface area (Å²) in [5, 5.41) is 5.81. The molecule has 5 nitrogen and oxygen atoms in total. The van der Waals surface area contributed by atoms with Crippen molar-refractivity contribution in [3.8, 4) is 21.8 Å². The lowest BCUT2D eigenvalue weighted by molar-refractivity contribution is 0.102. The molecule has 178 valence electrons. The minimum Gasteiger partial charge on any atom is -0.322 e. The minimum atomic E-state index is -3.67. The summed E-state index contributed by atoms with van der Waals surface area (Å²) >= 11 is 4.87. The van der Waals surface area contributed by atoms with E-state index in [0.717, 1.165) is 26.3 Å². The van der Waals surface area contributed by atoms with Crippen LogP contribution in [0.2, 0.25) is 0 Å². The monoisotopic (exact) mass is 574 g/mol. The Balaban J connectivity index is 1.32. The number of nitrogens with zero attached hydrogens (tertiary/aromatic N) is 1. The molecule has 0 bridgehead atoms. The van der Waals surface area contributed by atoms with Gasteiger partial charge in [-0.05, 0) is 60.7 Å². The minimum absolute atomic E-state index is 0.126. The number of anilines is 1. The molecule has 36 heavy (non-hydrogen) atoms. The Morgan fingerprint density at radius 1 is 0.778 bits per heavy atom. The average Bonchev–Trinajstić information content (AvgIpc) is 3.40. The number of sulfone groups is 1. The number of hydrogen-bond acceptors (Lipinski definition) is 5. The number of nitrogens with one attached hydrogen (secondary N) is 1. The van der Waals surface area contributed by atoms with Gasteiger partial charge in [-0.1, -0.05) is 58.4 Å². The van der Waals surface area contributed by atoms with E-state index in [0.29, 0.717) is 11.3 Å². The Labute approximate surface area is 221 Å². The van der Waals surface area contributed by atoms with Crippen LogP contribution in [-0.2, 0) is 9.84 Å². The van der Waals surface area contributed by atoms with Crippen LogP contribution >= 0.6 is 27.3 Å². The van der Waals surface area contributed by atoms with E-state index in [4.69, 9.17) is 4.98 Å². The molecule has 4 aromatic carbocycles. The summed E-state index contributed by atoms with van der Waals surface area (Å²) in [5.41, 5.74) is 3.76. The fourth-order valence-electron chi connectivity index (χ4n) is 3.61. The predicted molar refractivity (Wildman–Crippen MR) is 147 cm³/mol. The van der Waals surface area contributed by atoms with Crippen LogP contribution in [0.1, 0.15) is 10.4 Å². The number of halogens is 1. The highest BCUT2D eigenvalue weighted by Crippen LogP contribution is 2.30. The molecule has 0 fully saturated rings. The van der Waals surface area contributed by atoms with Gasteiger partial charge in [0.05, 0.1) is 15.5 Å². The molecule has 1 amide bonds. The van der Waals surface area contributed by atoms with E-state index in [1.807, 2.05) is 53.9 Å². The van der Waals surface area contributed by atoms with Crippen LogP contribution in [0, 0.1) is 0 Å². The van der Waals surface area contributed by atoms with Crippen molar-refractivity contribution in [3.63, 3.8) is 0 Å². The molecule has 1 aromatic heterocycles. The van der Waals surface area contributed by atoms with Crippen molar-refractivity contribution >= 4 is 48.7 Å². The number of hydrogen-bond donors (Lipinski definition) is 1. The summed E-state index contributed by atoms with van der Waals surface area (Å²) in [6, 6.07) is 29.8. The molecule has 0 spiro atoms. The van der Waals surface area contributed by atoms with E-state index in [-0.39, 0.29) is 15.7 Å². The number of carbonyl (C=O) groups is 1. The SMILES string of the molecule is O=C(Nc1cccc(-c2csc(-c3ccccc3)n2)c1)c1ccc(S(=O)(=O)c2ccc(Br)cc2)cc1. The summed E-state index contributed by atoms with van der Waals surface area (Å²) < 4.78 is 26.5. The van der Waals surface area contributed by atoms with Gasteiger partial charge in [0.1, 0.15) is 5.01 Å². The maximum Gasteiger partial charge on any atom is 0.255 e. The maximum atomic E-state index is 12.9. The molecule has 0 aliphatic heterocycles. The Morgan fingerprint density at radius 2 is 1.42 bits per heavy atom. The third-order valence-electron chi connectivity index (χ3n) is 5.49. The second-order valence-corrected chi connectivity index (χ2v) is 11.6. The van der Waals surface area contributed by atoms with E-state index in [2.05, 4.69) is 21.2 Å². The number of amides is 1. The second kappa shape index (κ2) is 10.2. The van der Waals surface area contributed by atoms with Gasteiger partial charge < -0.3 is 5.32 Å². The van der Waals surface area contributed by atoms with Crippen molar-refractivity contribution < 1.29 is 13.2 Å². The first-order valence-electron chi connectivity index (χ1n) is 10.9. The Bertz CT molecular complexity index is 1630. The van der Waals surface area contributed by atoms with Crippen molar-refractivity contribution in [2.75, 3.05) is 5.32 Å². The molecule has 5 rings (SSSR count). The van der Waals surface area contributed by atoms with Gasteiger partial charge in [0.15, 0.2) is 0 Å². The quantitative estimate of drug-likeness (QED) is 0.230. The van der Waals surface area contributed by atoms with E-state index in [1.165, 1.54) is 36.4 Å². The molecule has 0 aliphatic rings. The van der Waals surface area contributed by atoms with Crippen LogP contribution in [0.4, 0.5) is 5.69 Å². The van der Waals surface area contributed by atoms with E-state index in [9.17, 15) is 13.2 Å². The first kappa shape index (κ1) is 24.1. The zero-order valence-electron chi connectivity index (χ0n) is 18.8. The van der Waals surface area contributed by atoms with Crippen LogP contribution in [0.5, 0.6) is 0 Å². The molecule has 0 aliphatic carbocycles. The molecule has 0 radical (unpaired) electrons. The van der Waals surface area contributed by atoms with Crippen molar-refractivity contribution in [1.82, 2.24) is 4.98 Å². The van der Waals surface area contributed by atoms with Crippen LogP contribution in [-0.4, -0.2) is 19.3 Å². The van der Waals surface area contributed by atoms with Gasteiger partial charge >= 0.3 is 0 Å². The Hall–Kier alpha value is -3.59. The number of benzene rings is 4. The number of thiazole rings is 1. The highest BCUT2D eigenvalue weighted by molar-refractivity contribution is 9.10. The Kier molecular flexibility index (Phi) is 6.82. The molecular weight excluding hydrogens is 556 g/mol. The maximum absolute atomic E-state index is 12.9.